The third-order valence-electron chi connectivity index (χ3n) is 1.85. The van der Waals surface area contributed by atoms with Crippen LogP contribution in [0.1, 0.15) is 10.5 Å². The Morgan fingerprint density at radius 1 is 1.25 bits per heavy atom. The van der Waals surface area contributed by atoms with Crippen molar-refractivity contribution in [2.75, 3.05) is 28.4 Å². The van der Waals surface area contributed by atoms with E-state index >= 15 is 0 Å². The molecule has 0 saturated carbocycles. The van der Waals surface area contributed by atoms with Crippen molar-refractivity contribution in [2.24, 2.45) is 0 Å². The summed E-state index contributed by atoms with van der Waals surface area (Å²) in [5.41, 5.74) is 0.132. The second kappa shape index (κ2) is 5.26. The van der Waals surface area contributed by atoms with Crippen LogP contribution >= 0.6 is 0 Å². The lowest BCUT2D eigenvalue weighted by Crippen LogP contribution is -2.26. The van der Waals surface area contributed by atoms with Crippen molar-refractivity contribution in [2.45, 2.75) is 0 Å². The Labute approximate surface area is 92.9 Å². The van der Waals surface area contributed by atoms with Crippen LogP contribution < -0.4 is 9.47 Å². The second-order valence-corrected chi connectivity index (χ2v) is 2.77. The molecule has 7 nitrogen and oxygen atoms in total. The smallest absolute Gasteiger partial charge is 0.320 e. The molecule has 0 bridgehead atoms. The number of ether oxygens (including phenoxy) is 2. The number of nitrogens with zero attached hydrogens (tertiary/aromatic N) is 3. The fraction of sp³-hybridized carbons (Fsp3) is 0.444. The molecular weight excluding hydrogens is 214 g/mol. The molecule has 0 aliphatic rings. The number of rotatable bonds is 4. The Balaban J connectivity index is 3.07. The van der Waals surface area contributed by atoms with E-state index in [9.17, 15) is 4.79 Å². The van der Waals surface area contributed by atoms with Crippen LogP contribution in [0.4, 0.5) is 0 Å². The average Bonchev–Trinajstić information content (AvgIpc) is 2.35. The Morgan fingerprint density at radius 2 is 1.94 bits per heavy atom. The summed E-state index contributed by atoms with van der Waals surface area (Å²) < 4.78 is 9.77. The molecule has 0 aliphatic carbocycles. The van der Waals surface area contributed by atoms with Gasteiger partial charge in [0.25, 0.3) is 5.91 Å². The second-order valence-electron chi connectivity index (χ2n) is 2.77. The van der Waals surface area contributed by atoms with E-state index in [1.165, 1.54) is 34.4 Å². The lowest BCUT2D eigenvalue weighted by Gasteiger charge is -2.13. The summed E-state index contributed by atoms with van der Waals surface area (Å²) in [6, 6.07) is 1.47. The highest BCUT2D eigenvalue weighted by Crippen LogP contribution is 2.14. The minimum Gasteiger partial charge on any atom is -0.481 e. The molecule has 0 fully saturated rings. The summed E-state index contributed by atoms with van der Waals surface area (Å²) in [6.07, 6.45) is 0. The number of hydrogen-bond donors (Lipinski definition) is 0. The van der Waals surface area contributed by atoms with Gasteiger partial charge >= 0.3 is 6.01 Å². The van der Waals surface area contributed by atoms with Gasteiger partial charge in [0.05, 0.1) is 21.3 Å². The molecule has 0 radical (unpaired) electrons. The van der Waals surface area contributed by atoms with Crippen molar-refractivity contribution >= 4 is 5.91 Å². The highest BCUT2D eigenvalue weighted by atomic mass is 16.7. The Bertz CT molecular complexity index is 361. The first kappa shape index (κ1) is 12.2. The summed E-state index contributed by atoms with van der Waals surface area (Å²) in [4.78, 5) is 24.2. The van der Waals surface area contributed by atoms with Gasteiger partial charge in [0.2, 0.25) is 5.88 Å². The third kappa shape index (κ3) is 2.57. The van der Waals surface area contributed by atoms with Crippen LogP contribution in [0.15, 0.2) is 6.07 Å². The van der Waals surface area contributed by atoms with Gasteiger partial charge in [-0.05, 0) is 0 Å². The number of amides is 1. The molecule has 1 amide bonds. The molecule has 0 saturated heterocycles. The van der Waals surface area contributed by atoms with Crippen molar-refractivity contribution in [3.05, 3.63) is 11.8 Å². The molecule has 1 heterocycles. The van der Waals surface area contributed by atoms with Gasteiger partial charge in [-0.2, -0.15) is 9.97 Å². The highest BCUT2D eigenvalue weighted by molar-refractivity contribution is 5.91. The lowest BCUT2D eigenvalue weighted by molar-refractivity contribution is -0.0761. The predicted octanol–water partition coefficient (Wildman–Crippen LogP) is 0.127. The van der Waals surface area contributed by atoms with Crippen LogP contribution in [0.25, 0.3) is 0 Å². The highest BCUT2D eigenvalue weighted by Gasteiger charge is 2.16. The van der Waals surface area contributed by atoms with Gasteiger partial charge in [0.15, 0.2) is 0 Å². The standard InChI is InChI=1S/C9H13N3O4/c1-12(16-4)8(13)6-5-7(14-2)11-9(10-6)15-3/h5H,1-4H3. The molecule has 16 heavy (non-hydrogen) atoms. The minimum absolute atomic E-state index is 0.0622. The SMILES string of the molecule is COc1cc(C(=O)N(C)OC)nc(OC)n1. The first-order valence-electron chi connectivity index (χ1n) is 4.41. The van der Waals surface area contributed by atoms with Crippen molar-refractivity contribution in [3.63, 3.8) is 0 Å². The molecule has 88 valence electrons. The quantitative estimate of drug-likeness (QED) is 0.680. The minimum atomic E-state index is -0.415. The van der Waals surface area contributed by atoms with Crippen molar-refractivity contribution in [1.29, 1.82) is 0 Å². The van der Waals surface area contributed by atoms with Gasteiger partial charge in [0, 0.05) is 13.1 Å². The fourth-order valence-electron chi connectivity index (χ4n) is 0.953. The number of hydroxylamine groups is 2. The maximum Gasteiger partial charge on any atom is 0.320 e. The molecule has 0 unspecified atom stereocenters. The molecule has 0 aliphatic heterocycles. The van der Waals surface area contributed by atoms with Crippen LogP contribution in [0.2, 0.25) is 0 Å². The Morgan fingerprint density at radius 3 is 2.44 bits per heavy atom. The van der Waals surface area contributed by atoms with Crippen LogP contribution in [-0.4, -0.2) is 49.3 Å². The summed E-state index contributed by atoms with van der Waals surface area (Å²) in [5.74, 6) is -0.166. The van der Waals surface area contributed by atoms with Gasteiger partial charge in [-0.25, -0.2) is 5.06 Å². The third-order valence-corrected chi connectivity index (χ3v) is 1.85. The van der Waals surface area contributed by atoms with Crippen LogP contribution in [0, 0.1) is 0 Å². The summed E-state index contributed by atoms with van der Waals surface area (Å²) in [5, 5.41) is 1.04. The van der Waals surface area contributed by atoms with E-state index in [0.717, 1.165) is 5.06 Å². The van der Waals surface area contributed by atoms with Crippen molar-refractivity contribution in [3.8, 4) is 11.9 Å². The Hall–Kier alpha value is -1.89. The zero-order chi connectivity index (χ0) is 12.1. The van der Waals surface area contributed by atoms with Crippen LogP contribution in [0.3, 0.4) is 0 Å². The first-order chi connectivity index (χ1) is 7.62. The number of aromatic nitrogens is 2. The molecule has 1 aromatic rings. The number of carbonyl (C=O) groups is 1. The average molecular weight is 227 g/mol. The van der Waals surface area contributed by atoms with E-state index in [1.807, 2.05) is 0 Å². The molecule has 0 N–H and O–H groups in total. The molecule has 0 aromatic carbocycles. The number of carbonyl (C=O) groups excluding carboxylic acids is 1. The molecule has 0 spiro atoms. The van der Waals surface area contributed by atoms with Gasteiger partial charge < -0.3 is 9.47 Å². The summed E-state index contributed by atoms with van der Waals surface area (Å²) in [7, 11) is 5.70. The molecular formula is C9H13N3O4. The van der Waals surface area contributed by atoms with Gasteiger partial charge in [-0.15, -0.1) is 0 Å². The van der Waals surface area contributed by atoms with Crippen molar-refractivity contribution in [1.82, 2.24) is 15.0 Å². The number of hydrogen-bond acceptors (Lipinski definition) is 6. The monoisotopic (exact) mass is 227 g/mol. The van der Waals surface area contributed by atoms with Gasteiger partial charge in [0.1, 0.15) is 5.69 Å². The van der Waals surface area contributed by atoms with E-state index in [1.54, 1.807) is 0 Å². The van der Waals surface area contributed by atoms with Gasteiger partial charge in [-0.3, -0.25) is 9.63 Å². The summed E-state index contributed by atoms with van der Waals surface area (Å²) in [6.45, 7) is 0. The molecule has 0 atom stereocenters. The van der Waals surface area contributed by atoms with Crippen LogP contribution in [-0.2, 0) is 4.84 Å². The maximum absolute atomic E-state index is 11.7. The predicted molar refractivity (Wildman–Crippen MR) is 54.2 cm³/mol. The topological polar surface area (TPSA) is 73.8 Å². The van der Waals surface area contributed by atoms with Crippen molar-refractivity contribution < 1.29 is 19.1 Å². The zero-order valence-electron chi connectivity index (χ0n) is 9.55. The van der Waals surface area contributed by atoms with E-state index in [2.05, 4.69) is 9.97 Å². The molecule has 1 rings (SSSR count). The lowest BCUT2D eigenvalue weighted by atomic mass is 10.4. The normalized spacial score (nSPS) is 9.75. The first-order valence-corrected chi connectivity index (χ1v) is 4.41. The van der Waals surface area contributed by atoms with E-state index in [4.69, 9.17) is 14.3 Å². The van der Waals surface area contributed by atoms with Crippen LogP contribution in [0.5, 0.6) is 11.9 Å². The zero-order valence-corrected chi connectivity index (χ0v) is 9.55. The summed E-state index contributed by atoms with van der Waals surface area (Å²) >= 11 is 0. The maximum atomic E-state index is 11.7. The van der Waals surface area contributed by atoms with Gasteiger partial charge in [-0.1, -0.05) is 0 Å². The largest absolute Gasteiger partial charge is 0.481 e. The molecule has 7 heteroatoms. The number of methoxy groups -OCH3 is 2. The molecule has 1 aromatic heterocycles. The van der Waals surface area contributed by atoms with E-state index in [-0.39, 0.29) is 17.6 Å². The Kier molecular flexibility index (Phi) is 4.01. The fourth-order valence-corrected chi connectivity index (χ4v) is 0.953. The van der Waals surface area contributed by atoms with E-state index in [0.29, 0.717) is 0 Å². The van der Waals surface area contributed by atoms with E-state index < -0.39 is 5.91 Å².